The Morgan fingerprint density at radius 2 is 1.80 bits per heavy atom. The third-order valence-corrected chi connectivity index (χ3v) is 2.39. The Morgan fingerprint density at radius 3 is 2.20 bits per heavy atom. The Morgan fingerprint density at radius 1 is 1.33 bits per heavy atom. The van der Waals surface area contributed by atoms with E-state index in [2.05, 4.69) is 0 Å². The van der Waals surface area contributed by atoms with E-state index >= 15 is 0 Å². The summed E-state index contributed by atoms with van der Waals surface area (Å²) in [5.41, 5.74) is 0. The molecule has 0 amide bonds. The molecule has 15 heavy (non-hydrogen) atoms. The summed E-state index contributed by atoms with van der Waals surface area (Å²) in [5.74, 6) is -0.977. The largest absolute Gasteiger partial charge is 0.479 e. The van der Waals surface area contributed by atoms with Crippen LogP contribution in [0.5, 0.6) is 5.75 Å². The predicted molar refractivity (Wildman–Crippen MR) is 59.2 cm³/mol. The molecule has 0 saturated carbocycles. The number of carbonyl (C=O) groups is 1. The molecule has 3 nitrogen and oxygen atoms in total. The molecule has 1 N–H and O–H groups in total. The maximum Gasteiger partial charge on any atom is 0.344 e. The maximum absolute atomic E-state index is 10.6. The maximum atomic E-state index is 10.6. The highest BCUT2D eigenvalue weighted by Crippen LogP contribution is 2.36. The molecule has 1 aromatic rings. The summed E-state index contributed by atoms with van der Waals surface area (Å²) in [7, 11) is 0. The van der Waals surface area contributed by atoms with Crippen molar-refractivity contribution in [2.75, 3.05) is 0 Å². The van der Waals surface area contributed by atoms with E-state index < -0.39 is 12.1 Å². The average molecular weight is 270 g/mol. The minimum absolute atomic E-state index is 0.123. The molecule has 0 heterocycles. The summed E-state index contributed by atoms with van der Waals surface area (Å²) < 4.78 is 5.07. The molecule has 0 bridgehead atoms. The third-order valence-electron chi connectivity index (χ3n) is 1.61. The number of ether oxygens (including phenoxy) is 1. The number of hydrogen-bond donors (Lipinski definition) is 1. The van der Waals surface area contributed by atoms with Crippen LogP contribution in [0.15, 0.2) is 12.1 Å². The molecule has 1 rings (SSSR count). The lowest BCUT2D eigenvalue weighted by molar-refractivity contribution is -0.144. The van der Waals surface area contributed by atoms with Gasteiger partial charge in [-0.05, 0) is 19.1 Å². The Balaban J connectivity index is 3.00. The summed E-state index contributed by atoms with van der Waals surface area (Å²) in [6, 6.07) is 2.86. The number of carboxylic acids is 1. The lowest BCUT2D eigenvalue weighted by Crippen LogP contribution is -2.23. The molecule has 0 aliphatic heterocycles. The Kier molecular flexibility index (Phi) is 4.08. The minimum Gasteiger partial charge on any atom is -0.479 e. The molecule has 6 heteroatoms. The van der Waals surface area contributed by atoms with E-state index in [1.54, 1.807) is 0 Å². The van der Waals surface area contributed by atoms with E-state index in [-0.39, 0.29) is 15.8 Å². The van der Waals surface area contributed by atoms with Crippen LogP contribution >= 0.6 is 34.8 Å². The van der Waals surface area contributed by atoms with Crippen LogP contribution in [0.2, 0.25) is 15.1 Å². The first kappa shape index (κ1) is 12.4. The number of carboxylic acid groups (broad SMARTS) is 1. The van der Waals surface area contributed by atoms with Gasteiger partial charge in [0.25, 0.3) is 0 Å². The number of halogens is 3. The highest BCUT2D eigenvalue weighted by Gasteiger charge is 2.17. The van der Waals surface area contributed by atoms with Crippen molar-refractivity contribution < 1.29 is 14.6 Å². The predicted octanol–water partition coefficient (Wildman–Crippen LogP) is 3.50. The molecule has 0 spiro atoms. The fraction of sp³-hybridized carbons (Fsp3) is 0.222. The van der Waals surface area contributed by atoms with Gasteiger partial charge in [-0.2, -0.15) is 0 Å². The van der Waals surface area contributed by atoms with Gasteiger partial charge in [0.2, 0.25) is 0 Å². The molecule has 0 saturated heterocycles. The van der Waals surface area contributed by atoms with Gasteiger partial charge in [0.1, 0.15) is 0 Å². The van der Waals surface area contributed by atoms with E-state index in [1.807, 2.05) is 0 Å². The van der Waals surface area contributed by atoms with Crippen LogP contribution in [0.25, 0.3) is 0 Å². The standard InChI is InChI=1S/C9H7Cl3O3/c1-4(9(13)14)15-8-6(11)2-5(10)3-7(8)12/h2-4H,1H3,(H,13,14)/t4-/m0/s1. The summed E-state index contributed by atoms with van der Waals surface area (Å²) >= 11 is 17.3. The Hall–Kier alpha value is -0.640. The van der Waals surface area contributed by atoms with Crippen LogP contribution in [0.1, 0.15) is 6.92 Å². The van der Waals surface area contributed by atoms with E-state index in [0.29, 0.717) is 5.02 Å². The first-order valence-electron chi connectivity index (χ1n) is 3.96. The quantitative estimate of drug-likeness (QED) is 0.913. The molecule has 1 atom stereocenters. The summed E-state index contributed by atoms with van der Waals surface area (Å²) in [5, 5.41) is 9.37. The zero-order valence-corrected chi connectivity index (χ0v) is 9.90. The first-order valence-corrected chi connectivity index (χ1v) is 5.09. The zero-order chi connectivity index (χ0) is 11.6. The van der Waals surface area contributed by atoms with Gasteiger partial charge in [0.15, 0.2) is 11.9 Å². The normalized spacial score (nSPS) is 12.3. The van der Waals surface area contributed by atoms with Crippen molar-refractivity contribution in [1.29, 1.82) is 0 Å². The van der Waals surface area contributed by atoms with Crippen molar-refractivity contribution in [2.45, 2.75) is 13.0 Å². The van der Waals surface area contributed by atoms with Gasteiger partial charge in [0.05, 0.1) is 10.0 Å². The fourth-order valence-corrected chi connectivity index (χ4v) is 1.77. The van der Waals surface area contributed by atoms with Crippen LogP contribution in [-0.2, 0) is 4.79 Å². The fourth-order valence-electron chi connectivity index (χ4n) is 0.869. The smallest absolute Gasteiger partial charge is 0.344 e. The van der Waals surface area contributed by atoms with E-state index in [1.165, 1.54) is 19.1 Å². The molecule has 82 valence electrons. The summed E-state index contributed by atoms with van der Waals surface area (Å²) in [6.45, 7) is 1.38. The SMILES string of the molecule is C[C@H](Oc1c(Cl)cc(Cl)cc1Cl)C(=O)O. The Bertz CT molecular complexity index is 369. The van der Waals surface area contributed by atoms with Gasteiger partial charge in [-0.15, -0.1) is 0 Å². The van der Waals surface area contributed by atoms with Crippen molar-refractivity contribution in [3.63, 3.8) is 0 Å². The first-order chi connectivity index (χ1) is 6.91. The van der Waals surface area contributed by atoms with Gasteiger partial charge >= 0.3 is 5.97 Å². The molecule has 0 aromatic heterocycles. The number of rotatable bonds is 3. The van der Waals surface area contributed by atoms with Crippen molar-refractivity contribution in [2.24, 2.45) is 0 Å². The van der Waals surface area contributed by atoms with Gasteiger partial charge < -0.3 is 9.84 Å². The topological polar surface area (TPSA) is 46.5 Å². The minimum atomic E-state index is -1.10. The monoisotopic (exact) mass is 268 g/mol. The molecule has 0 aliphatic carbocycles. The molecule has 0 unspecified atom stereocenters. The second-order valence-corrected chi connectivity index (χ2v) is 4.05. The van der Waals surface area contributed by atoms with Gasteiger partial charge in [0, 0.05) is 5.02 Å². The average Bonchev–Trinajstić information content (AvgIpc) is 2.10. The van der Waals surface area contributed by atoms with E-state index in [4.69, 9.17) is 44.6 Å². The number of benzene rings is 1. The molecule has 0 radical (unpaired) electrons. The molecular formula is C9H7Cl3O3. The van der Waals surface area contributed by atoms with Crippen LogP contribution in [0.4, 0.5) is 0 Å². The second-order valence-electron chi connectivity index (χ2n) is 2.80. The van der Waals surface area contributed by atoms with E-state index in [0.717, 1.165) is 0 Å². The zero-order valence-electron chi connectivity index (χ0n) is 7.63. The number of aliphatic carboxylic acids is 1. The van der Waals surface area contributed by atoms with Gasteiger partial charge in [-0.3, -0.25) is 0 Å². The van der Waals surface area contributed by atoms with Crippen molar-refractivity contribution in [3.8, 4) is 5.75 Å². The van der Waals surface area contributed by atoms with Crippen LogP contribution in [-0.4, -0.2) is 17.2 Å². The summed E-state index contributed by atoms with van der Waals surface area (Å²) in [6.07, 6.45) is -1.03. The lowest BCUT2D eigenvalue weighted by Gasteiger charge is -2.13. The van der Waals surface area contributed by atoms with E-state index in [9.17, 15) is 4.79 Å². The van der Waals surface area contributed by atoms with Crippen LogP contribution < -0.4 is 4.74 Å². The molecule has 0 aliphatic rings. The molecular weight excluding hydrogens is 262 g/mol. The van der Waals surface area contributed by atoms with Crippen molar-refractivity contribution >= 4 is 40.8 Å². The van der Waals surface area contributed by atoms with Crippen LogP contribution in [0, 0.1) is 0 Å². The third kappa shape index (κ3) is 3.16. The van der Waals surface area contributed by atoms with Gasteiger partial charge in [-0.25, -0.2) is 4.79 Å². The number of hydrogen-bond acceptors (Lipinski definition) is 2. The van der Waals surface area contributed by atoms with Crippen LogP contribution in [0.3, 0.4) is 0 Å². The highest BCUT2D eigenvalue weighted by atomic mass is 35.5. The molecule has 1 aromatic carbocycles. The lowest BCUT2D eigenvalue weighted by atomic mass is 10.3. The van der Waals surface area contributed by atoms with Crippen molar-refractivity contribution in [3.05, 3.63) is 27.2 Å². The summed E-state index contributed by atoms with van der Waals surface area (Å²) in [4.78, 5) is 10.6. The second kappa shape index (κ2) is 4.92. The van der Waals surface area contributed by atoms with Gasteiger partial charge in [-0.1, -0.05) is 34.8 Å². The molecule has 0 fully saturated rings. The Labute approximate surface area is 102 Å². The van der Waals surface area contributed by atoms with Crippen molar-refractivity contribution in [1.82, 2.24) is 0 Å². The highest BCUT2D eigenvalue weighted by molar-refractivity contribution is 6.40.